The third-order valence-electron chi connectivity index (χ3n) is 9.85. The van der Waals surface area contributed by atoms with Gasteiger partial charge in [0.2, 0.25) is 10.0 Å². The molecule has 7 nitrogen and oxygen atoms in total. The minimum Gasteiger partial charge on any atom is -0.445 e. The fraction of sp³-hybridized carbons (Fsp3) is 0.618. The van der Waals surface area contributed by atoms with Gasteiger partial charge in [-0.15, -0.1) is 0 Å². The summed E-state index contributed by atoms with van der Waals surface area (Å²) in [6.07, 6.45) is 10.3. The Morgan fingerprint density at radius 2 is 1.50 bits per heavy atom. The first-order valence-electron chi connectivity index (χ1n) is 16.1. The molecule has 0 spiro atoms. The van der Waals surface area contributed by atoms with Crippen LogP contribution in [0.3, 0.4) is 0 Å². The van der Waals surface area contributed by atoms with Crippen molar-refractivity contribution in [2.75, 3.05) is 32.4 Å². The summed E-state index contributed by atoms with van der Waals surface area (Å²) in [5.74, 6) is 0.752. The molecule has 5 rings (SSSR count). The van der Waals surface area contributed by atoms with Crippen molar-refractivity contribution >= 4 is 16.1 Å². The van der Waals surface area contributed by atoms with Crippen molar-refractivity contribution in [3.8, 4) is 0 Å². The van der Waals surface area contributed by atoms with E-state index in [1.54, 1.807) is 0 Å². The third-order valence-corrected chi connectivity index (χ3v) is 11.2. The summed E-state index contributed by atoms with van der Waals surface area (Å²) in [7, 11) is -3.29. The molecule has 42 heavy (non-hydrogen) atoms. The lowest BCUT2D eigenvalue weighted by Gasteiger charge is -2.39. The first kappa shape index (κ1) is 31.0. The van der Waals surface area contributed by atoms with Gasteiger partial charge in [0, 0.05) is 44.3 Å². The van der Waals surface area contributed by atoms with Crippen molar-refractivity contribution in [2.24, 2.45) is 5.92 Å². The van der Waals surface area contributed by atoms with E-state index in [9.17, 15) is 13.2 Å². The van der Waals surface area contributed by atoms with Crippen LogP contribution in [0.1, 0.15) is 81.8 Å². The maximum atomic E-state index is 13.1. The molecule has 2 aromatic carbocycles. The molecule has 1 aliphatic heterocycles. The predicted octanol–water partition coefficient (Wildman–Crippen LogP) is 6.27. The van der Waals surface area contributed by atoms with E-state index >= 15 is 0 Å². The topological polar surface area (TPSA) is 70.2 Å². The van der Waals surface area contributed by atoms with E-state index in [-0.39, 0.29) is 24.2 Å². The first-order chi connectivity index (χ1) is 20.3. The number of amides is 1. The molecular formula is C34H49N3O4S. The summed E-state index contributed by atoms with van der Waals surface area (Å²) < 4.78 is 33.9. The number of carbonyl (C=O) groups is 1. The Labute approximate surface area is 253 Å². The quantitative estimate of drug-likeness (QED) is 0.324. The second kappa shape index (κ2) is 14.4. The fourth-order valence-electron chi connectivity index (χ4n) is 7.87. The predicted molar refractivity (Wildman–Crippen MR) is 168 cm³/mol. The van der Waals surface area contributed by atoms with Crippen molar-refractivity contribution < 1.29 is 17.9 Å². The second-order valence-corrected chi connectivity index (χ2v) is 14.5. The van der Waals surface area contributed by atoms with E-state index in [0.717, 1.165) is 76.6 Å². The molecule has 1 amide bonds. The van der Waals surface area contributed by atoms with Crippen LogP contribution in [-0.4, -0.2) is 79.2 Å². The molecule has 2 aromatic rings. The second-order valence-electron chi connectivity index (χ2n) is 12.6. The zero-order chi connectivity index (χ0) is 29.5. The summed E-state index contributed by atoms with van der Waals surface area (Å²) >= 11 is 0. The smallest absolute Gasteiger partial charge is 0.410 e. The van der Waals surface area contributed by atoms with E-state index in [1.807, 2.05) is 46.5 Å². The highest BCUT2D eigenvalue weighted by Crippen LogP contribution is 2.44. The zero-order valence-corrected chi connectivity index (χ0v) is 26.3. The SMILES string of the molecule is CCN(C(=O)OCc1ccccc1)C1CCN(C[C@H]2CC(N(C3CCCCC3)S(C)(=O)=O)C[C@@H]2c2ccccc2)CC1. The zero-order valence-electron chi connectivity index (χ0n) is 25.4. The van der Waals surface area contributed by atoms with Gasteiger partial charge in [0.05, 0.1) is 6.26 Å². The van der Waals surface area contributed by atoms with Crippen LogP contribution in [0.2, 0.25) is 0 Å². The molecule has 1 saturated heterocycles. The van der Waals surface area contributed by atoms with Gasteiger partial charge in [-0.05, 0) is 68.4 Å². The van der Waals surface area contributed by atoms with E-state index in [2.05, 4.69) is 35.2 Å². The van der Waals surface area contributed by atoms with Crippen LogP contribution in [-0.2, 0) is 21.4 Å². The van der Waals surface area contributed by atoms with Crippen molar-refractivity contribution in [3.05, 3.63) is 71.8 Å². The molecular weight excluding hydrogens is 546 g/mol. The Bertz CT molecular complexity index is 1230. The number of rotatable bonds is 10. The molecule has 1 unspecified atom stereocenters. The maximum Gasteiger partial charge on any atom is 0.410 e. The van der Waals surface area contributed by atoms with Crippen LogP contribution < -0.4 is 0 Å². The Hall–Kier alpha value is -2.42. The largest absolute Gasteiger partial charge is 0.445 e. The summed E-state index contributed by atoms with van der Waals surface area (Å²) in [4.78, 5) is 17.4. The third kappa shape index (κ3) is 7.74. The van der Waals surface area contributed by atoms with Gasteiger partial charge >= 0.3 is 6.09 Å². The number of sulfonamides is 1. The van der Waals surface area contributed by atoms with Crippen molar-refractivity contribution in [3.63, 3.8) is 0 Å². The van der Waals surface area contributed by atoms with Crippen LogP contribution in [0.15, 0.2) is 60.7 Å². The number of hydrogen-bond acceptors (Lipinski definition) is 5. The highest BCUT2D eigenvalue weighted by molar-refractivity contribution is 7.88. The van der Waals surface area contributed by atoms with Crippen LogP contribution in [0, 0.1) is 5.92 Å². The molecule has 0 bridgehead atoms. The van der Waals surface area contributed by atoms with Gasteiger partial charge < -0.3 is 14.5 Å². The minimum atomic E-state index is -3.29. The monoisotopic (exact) mass is 595 g/mol. The van der Waals surface area contributed by atoms with E-state index < -0.39 is 10.0 Å². The van der Waals surface area contributed by atoms with Gasteiger partial charge in [-0.3, -0.25) is 0 Å². The van der Waals surface area contributed by atoms with E-state index in [4.69, 9.17) is 4.74 Å². The van der Waals surface area contributed by atoms with Crippen molar-refractivity contribution in [1.29, 1.82) is 0 Å². The van der Waals surface area contributed by atoms with Crippen LogP contribution >= 0.6 is 0 Å². The fourth-order valence-corrected chi connectivity index (χ4v) is 9.34. The Morgan fingerprint density at radius 3 is 2.12 bits per heavy atom. The summed E-state index contributed by atoms with van der Waals surface area (Å²) in [6.45, 7) is 5.81. The first-order valence-corrected chi connectivity index (χ1v) is 17.9. The molecule has 3 atom stereocenters. The van der Waals surface area contributed by atoms with Gasteiger partial charge in [-0.25, -0.2) is 13.2 Å². The lowest BCUT2D eigenvalue weighted by Crippen LogP contribution is -2.48. The summed E-state index contributed by atoms with van der Waals surface area (Å²) in [6, 6.07) is 20.9. The number of hydrogen-bond donors (Lipinski definition) is 0. The Kier molecular flexibility index (Phi) is 10.6. The number of benzene rings is 2. The normalized spacial score (nSPS) is 24.6. The molecule has 230 valence electrons. The molecule has 3 aliphatic rings. The maximum absolute atomic E-state index is 13.1. The van der Waals surface area contributed by atoms with Crippen LogP contribution in [0.5, 0.6) is 0 Å². The Balaban J connectivity index is 1.22. The molecule has 2 saturated carbocycles. The van der Waals surface area contributed by atoms with Crippen molar-refractivity contribution in [2.45, 2.75) is 95.4 Å². The number of nitrogens with zero attached hydrogens (tertiary/aromatic N) is 3. The van der Waals surface area contributed by atoms with Gasteiger partial charge in [-0.2, -0.15) is 4.31 Å². The molecule has 0 radical (unpaired) electrons. The van der Waals surface area contributed by atoms with Crippen LogP contribution in [0.25, 0.3) is 0 Å². The Morgan fingerprint density at radius 1 is 0.857 bits per heavy atom. The number of likely N-dealkylation sites (tertiary alicyclic amines) is 1. The summed E-state index contributed by atoms with van der Waals surface area (Å²) in [5, 5.41) is 0. The molecule has 2 aliphatic carbocycles. The van der Waals surface area contributed by atoms with Gasteiger partial charge in [0.25, 0.3) is 0 Å². The molecule has 0 aromatic heterocycles. The van der Waals surface area contributed by atoms with E-state index in [0.29, 0.717) is 25.0 Å². The molecule has 0 N–H and O–H groups in total. The lowest BCUT2D eigenvalue weighted by atomic mass is 9.88. The number of ether oxygens (including phenoxy) is 1. The highest BCUT2D eigenvalue weighted by atomic mass is 32.2. The van der Waals surface area contributed by atoms with Crippen molar-refractivity contribution in [1.82, 2.24) is 14.1 Å². The standard InChI is InChI=1S/C34H49N3O4S/c1-3-36(34(38)41-26-27-13-7-4-8-14-27)30-19-21-35(22-20-30)25-29-23-32(24-33(29)28-15-9-5-10-16-28)37(42(2,39)40)31-17-11-6-12-18-31/h4-5,7-10,13-16,29-33H,3,6,11-12,17-26H2,1-2H3/t29-,32?,33-/m1/s1. The average molecular weight is 596 g/mol. The van der Waals surface area contributed by atoms with Crippen LogP contribution in [0.4, 0.5) is 4.79 Å². The highest BCUT2D eigenvalue weighted by Gasteiger charge is 2.44. The number of piperidine rings is 1. The molecule has 3 fully saturated rings. The molecule has 1 heterocycles. The van der Waals surface area contributed by atoms with E-state index in [1.165, 1.54) is 18.2 Å². The van der Waals surface area contributed by atoms with Gasteiger partial charge in [0.15, 0.2) is 0 Å². The minimum absolute atomic E-state index is 0.0609. The lowest BCUT2D eigenvalue weighted by molar-refractivity contribution is 0.0600. The van der Waals surface area contributed by atoms with Gasteiger partial charge in [-0.1, -0.05) is 79.9 Å². The number of carbonyl (C=O) groups excluding carboxylic acids is 1. The average Bonchev–Trinajstić information content (AvgIpc) is 3.40. The van der Waals surface area contributed by atoms with Gasteiger partial charge in [0.1, 0.15) is 6.61 Å². The molecule has 8 heteroatoms. The summed E-state index contributed by atoms with van der Waals surface area (Å²) in [5.41, 5.74) is 2.33.